The molecule has 1 fully saturated rings. The molecular formula is C29H40N2O5. The van der Waals surface area contributed by atoms with Crippen LogP contribution in [-0.4, -0.2) is 55.5 Å². The van der Waals surface area contributed by atoms with Crippen LogP contribution in [0.3, 0.4) is 0 Å². The molecule has 1 aromatic carbocycles. The van der Waals surface area contributed by atoms with Gasteiger partial charge in [0.05, 0.1) is 20.2 Å². The summed E-state index contributed by atoms with van der Waals surface area (Å²) in [6.45, 7) is 15.2. The van der Waals surface area contributed by atoms with E-state index in [0.29, 0.717) is 31.2 Å². The Bertz CT molecular complexity index is 1190. The van der Waals surface area contributed by atoms with Gasteiger partial charge >= 0.3 is 6.09 Å². The first-order chi connectivity index (χ1) is 17.5. The normalized spacial score (nSPS) is 17.1. The van der Waals surface area contributed by atoms with Gasteiger partial charge in [-0.1, -0.05) is 63.8 Å². The van der Waals surface area contributed by atoms with Gasteiger partial charge < -0.3 is 28.8 Å². The molecule has 0 spiro atoms. The fraction of sp³-hybridized carbons (Fsp3) is 0.414. The Kier molecular flexibility index (Phi) is 11.7. The Labute approximate surface area is 214 Å². The van der Waals surface area contributed by atoms with E-state index in [9.17, 15) is 4.79 Å². The summed E-state index contributed by atoms with van der Waals surface area (Å²) >= 11 is 0. The molecule has 7 heteroatoms. The third-order valence-corrected chi connectivity index (χ3v) is 5.51. The number of benzene rings is 1. The summed E-state index contributed by atoms with van der Waals surface area (Å²) in [5.41, 5.74) is 1.07. The van der Waals surface area contributed by atoms with E-state index in [4.69, 9.17) is 18.9 Å². The lowest BCUT2D eigenvalue weighted by Crippen LogP contribution is -2.30. The number of allylic oxidation sites excluding steroid dienone is 3. The quantitative estimate of drug-likeness (QED) is 0.351. The molecule has 1 aromatic heterocycles. The third-order valence-electron chi connectivity index (χ3n) is 5.51. The van der Waals surface area contributed by atoms with Crippen molar-refractivity contribution >= 4 is 28.8 Å². The Morgan fingerprint density at radius 1 is 1.28 bits per heavy atom. The van der Waals surface area contributed by atoms with E-state index in [-0.39, 0.29) is 18.8 Å². The molecule has 1 saturated heterocycles. The summed E-state index contributed by atoms with van der Waals surface area (Å²) < 4.78 is 22.5. The summed E-state index contributed by atoms with van der Waals surface area (Å²) in [7, 11) is 1.54. The molecule has 1 atom stereocenters. The molecule has 0 aliphatic carbocycles. The zero-order chi connectivity index (χ0) is 26.5. The third kappa shape index (κ3) is 7.44. The summed E-state index contributed by atoms with van der Waals surface area (Å²) in [4.78, 5) is 17.4. The van der Waals surface area contributed by atoms with Gasteiger partial charge in [-0.25, -0.2) is 4.79 Å². The molecule has 0 bridgehead atoms. The van der Waals surface area contributed by atoms with Gasteiger partial charge in [-0.05, 0) is 32.4 Å². The van der Waals surface area contributed by atoms with Crippen molar-refractivity contribution in [2.45, 2.75) is 47.1 Å². The van der Waals surface area contributed by atoms with Gasteiger partial charge in [0.25, 0.3) is 0 Å². The molecule has 196 valence electrons. The number of carbonyl (C=O) groups is 1. The number of hydrogen-bond acceptors (Lipinski definition) is 5. The van der Waals surface area contributed by atoms with E-state index in [1.165, 1.54) is 7.11 Å². The highest BCUT2D eigenvalue weighted by Gasteiger charge is 2.31. The molecule has 2 aromatic rings. The van der Waals surface area contributed by atoms with Crippen molar-refractivity contribution in [1.29, 1.82) is 0 Å². The largest absolute Gasteiger partial charge is 0.494 e. The lowest BCUT2D eigenvalue weighted by molar-refractivity contribution is 0.0916. The molecular weight excluding hydrogens is 456 g/mol. The number of H-pyrrole nitrogens is 1. The topological polar surface area (TPSA) is 73.0 Å². The Balaban J connectivity index is 0.00000222. The first-order valence-corrected chi connectivity index (χ1v) is 12.5. The smallest absolute Gasteiger partial charge is 0.410 e. The second-order valence-electron chi connectivity index (χ2n) is 7.92. The molecule has 1 aliphatic heterocycles. The van der Waals surface area contributed by atoms with Crippen LogP contribution in [0.2, 0.25) is 0 Å². The van der Waals surface area contributed by atoms with Crippen LogP contribution >= 0.6 is 0 Å². The van der Waals surface area contributed by atoms with E-state index in [2.05, 4.69) is 36.7 Å². The van der Waals surface area contributed by atoms with Gasteiger partial charge in [0.2, 0.25) is 0 Å². The van der Waals surface area contributed by atoms with Gasteiger partial charge in [0.1, 0.15) is 19.0 Å². The van der Waals surface area contributed by atoms with E-state index >= 15 is 0 Å². The maximum Gasteiger partial charge on any atom is 0.410 e. The fourth-order valence-corrected chi connectivity index (χ4v) is 3.81. The number of aromatic nitrogens is 1. The molecule has 1 amide bonds. The lowest BCUT2D eigenvalue weighted by atomic mass is 10.2. The number of nitrogens with one attached hydrogen (secondary N) is 1. The summed E-state index contributed by atoms with van der Waals surface area (Å²) in [5, 5.41) is 3.20. The highest BCUT2D eigenvalue weighted by atomic mass is 16.6. The summed E-state index contributed by atoms with van der Waals surface area (Å²) in [6.07, 6.45) is 7.84. The van der Waals surface area contributed by atoms with Crippen molar-refractivity contribution in [1.82, 2.24) is 9.88 Å². The summed E-state index contributed by atoms with van der Waals surface area (Å²) in [5.74, 6) is 1.75. The number of aromatic amines is 1. The van der Waals surface area contributed by atoms with Crippen LogP contribution in [0.4, 0.5) is 4.79 Å². The number of rotatable bonds is 11. The van der Waals surface area contributed by atoms with Crippen LogP contribution in [-0.2, 0) is 18.9 Å². The molecule has 1 N–H and O–H groups in total. The number of ether oxygens (including phenoxy) is 4. The number of methoxy groups -OCH3 is 1. The van der Waals surface area contributed by atoms with Crippen molar-refractivity contribution < 1.29 is 23.7 Å². The van der Waals surface area contributed by atoms with Crippen LogP contribution in [0.25, 0.3) is 22.7 Å². The number of amides is 1. The van der Waals surface area contributed by atoms with E-state index in [0.717, 1.165) is 33.7 Å². The molecule has 0 radical (unpaired) electrons. The fourth-order valence-electron chi connectivity index (χ4n) is 3.81. The molecule has 2 heterocycles. The molecule has 7 nitrogen and oxygen atoms in total. The SMILES string of the molecule is C=C(OC)/C(=C\C=C/C)OCCN1CC(CO/C(C)=c2/c(=C\CC)[nH]c3ccccc23)OC1=O.CC. The van der Waals surface area contributed by atoms with E-state index in [1.54, 1.807) is 11.0 Å². The van der Waals surface area contributed by atoms with Gasteiger partial charge in [0.15, 0.2) is 17.6 Å². The number of carbonyl (C=O) groups excluding carboxylic acids is 1. The van der Waals surface area contributed by atoms with Crippen LogP contribution in [0.15, 0.2) is 60.6 Å². The van der Waals surface area contributed by atoms with Gasteiger partial charge in [-0.15, -0.1) is 0 Å². The van der Waals surface area contributed by atoms with Crippen molar-refractivity contribution in [3.63, 3.8) is 0 Å². The van der Waals surface area contributed by atoms with Crippen LogP contribution < -0.4 is 10.6 Å². The maximum atomic E-state index is 12.3. The molecule has 1 unspecified atom stereocenters. The van der Waals surface area contributed by atoms with Gasteiger partial charge in [-0.3, -0.25) is 0 Å². The highest BCUT2D eigenvalue weighted by molar-refractivity contribution is 5.81. The molecule has 1 aliphatic rings. The average molecular weight is 497 g/mol. The number of para-hydroxylation sites is 1. The zero-order valence-electron chi connectivity index (χ0n) is 22.4. The zero-order valence-corrected chi connectivity index (χ0v) is 22.4. The van der Waals surface area contributed by atoms with Crippen molar-refractivity contribution in [2.24, 2.45) is 0 Å². The predicted octanol–water partition coefficient (Wildman–Crippen LogP) is 4.99. The average Bonchev–Trinajstić information content (AvgIpc) is 3.44. The van der Waals surface area contributed by atoms with Crippen molar-refractivity contribution in [2.75, 3.05) is 33.4 Å². The highest BCUT2D eigenvalue weighted by Crippen LogP contribution is 2.15. The Hall–Kier alpha value is -3.61. The number of nitrogens with zero attached hydrogens (tertiary/aromatic N) is 1. The monoisotopic (exact) mass is 496 g/mol. The minimum Gasteiger partial charge on any atom is -0.494 e. The molecule has 36 heavy (non-hydrogen) atoms. The van der Waals surface area contributed by atoms with Gasteiger partial charge in [-0.2, -0.15) is 0 Å². The molecule has 0 saturated carbocycles. The van der Waals surface area contributed by atoms with Crippen molar-refractivity contribution in [3.05, 3.63) is 71.2 Å². The Morgan fingerprint density at radius 3 is 2.72 bits per heavy atom. The minimum absolute atomic E-state index is 0.285. The van der Waals surface area contributed by atoms with Crippen LogP contribution in [0.1, 0.15) is 41.0 Å². The maximum absolute atomic E-state index is 12.3. The van der Waals surface area contributed by atoms with Crippen LogP contribution in [0, 0.1) is 0 Å². The standard InChI is InChI=1S/C27H34N2O5.C2H6/c1-6-8-14-25(19(3)31-5)32-16-15-29-17-21(34-27(29)30)18-33-20(4)26-22-12-9-10-13-23(22)28-24(26)11-7-2;1-2/h6,8-14,21,28H,3,7,15-18H2,1-2,4-5H3;1-2H3/b8-6-,24-11+,25-14+,26-20+;. The van der Waals surface area contributed by atoms with Crippen molar-refractivity contribution in [3.8, 4) is 0 Å². The first kappa shape index (κ1) is 28.6. The second-order valence-corrected chi connectivity index (χ2v) is 7.92. The number of fused-ring (bicyclic) bond motifs is 1. The summed E-state index contributed by atoms with van der Waals surface area (Å²) in [6, 6.07) is 8.16. The van der Waals surface area contributed by atoms with E-state index < -0.39 is 0 Å². The number of hydrogen-bond donors (Lipinski definition) is 1. The van der Waals surface area contributed by atoms with Crippen LogP contribution in [0.5, 0.6) is 0 Å². The lowest BCUT2D eigenvalue weighted by Gasteiger charge is -2.16. The predicted molar refractivity (Wildman–Crippen MR) is 146 cm³/mol. The van der Waals surface area contributed by atoms with Gasteiger partial charge in [0, 0.05) is 21.5 Å². The van der Waals surface area contributed by atoms with E-state index in [1.807, 2.05) is 52.0 Å². The second kappa shape index (κ2) is 14.7. The number of cyclic esters (lactones) is 1. The first-order valence-electron chi connectivity index (χ1n) is 12.5. The minimum atomic E-state index is -0.369. The Morgan fingerprint density at radius 2 is 2.03 bits per heavy atom. The molecule has 3 rings (SSSR count).